The van der Waals surface area contributed by atoms with E-state index in [0.717, 1.165) is 0 Å². The predicted octanol–water partition coefficient (Wildman–Crippen LogP) is -0.927. The second-order valence-corrected chi connectivity index (χ2v) is 5.14. The zero-order valence-electron chi connectivity index (χ0n) is 6.88. The first-order chi connectivity index (χ1) is 6.42. The Morgan fingerprint density at radius 1 is 1.14 bits per heavy atom. The number of anilines is 1. The third-order valence-electron chi connectivity index (χ3n) is 1.39. The van der Waals surface area contributed by atoms with Crippen molar-refractivity contribution in [3.8, 4) is 0 Å². The van der Waals surface area contributed by atoms with Gasteiger partial charge in [-0.25, -0.2) is 16.8 Å². The molecule has 0 aromatic heterocycles. The molecule has 78 valence electrons. The lowest BCUT2D eigenvalue weighted by Gasteiger charge is -2.00. The lowest BCUT2D eigenvalue weighted by Crippen LogP contribution is -2.21. The number of sulfonamides is 1. The van der Waals surface area contributed by atoms with Gasteiger partial charge in [-0.3, -0.25) is 0 Å². The molecule has 0 unspecified atom stereocenters. The van der Waals surface area contributed by atoms with Crippen LogP contribution < -0.4 is 9.86 Å². The number of nitrogens with two attached hydrogens (primary N) is 1. The lowest BCUT2D eigenvalue weighted by molar-refractivity contribution is 0.585. The maximum atomic E-state index is 11.2. The summed E-state index contributed by atoms with van der Waals surface area (Å²) in [6.45, 7) is 0. The van der Waals surface area contributed by atoms with Gasteiger partial charge < -0.3 is 5.73 Å². The van der Waals surface area contributed by atoms with Crippen LogP contribution in [0.4, 0.5) is 5.69 Å². The quantitative estimate of drug-likeness (QED) is 0.464. The minimum Gasteiger partial charge on any atom is -0.399 e. The monoisotopic (exact) mass is 236 g/mol. The Morgan fingerprint density at radius 3 is 2.07 bits per heavy atom. The van der Waals surface area contributed by atoms with Crippen molar-refractivity contribution < 1.29 is 16.8 Å². The molecule has 0 heterocycles. The van der Waals surface area contributed by atoms with Crippen molar-refractivity contribution in [1.82, 2.24) is 4.13 Å². The third-order valence-corrected chi connectivity index (χ3v) is 3.84. The van der Waals surface area contributed by atoms with Gasteiger partial charge >= 0.3 is 0 Å². The van der Waals surface area contributed by atoms with Crippen LogP contribution in [-0.4, -0.2) is 16.8 Å². The van der Waals surface area contributed by atoms with Crippen LogP contribution >= 0.6 is 0 Å². The van der Waals surface area contributed by atoms with E-state index < -0.39 is 20.9 Å². The van der Waals surface area contributed by atoms with Crippen molar-refractivity contribution in [3.05, 3.63) is 24.3 Å². The SMILES string of the molecule is Nc1ccc(S(=O)(=O)N[SH](=O)=O)cc1. The predicted molar refractivity (Wildman–Crippen MR) is 51.5 cm³/mol. The molecule has 0 aliphatic rings. The summed E-state index contributed by atoms with van der Waals surface area (Å²) in [6, 6.07) is 5.17. The number of hydrogen-bond acceptors (Lipinski definition) is 5. The van der Waals surface area contributed by atoms with Gasteiger partial charge in [0.1, 0.15) is 0 Å². The highest BCUT2D eigenvalue weighted by Gasteiger charge is 2.13. The van der Waals surface area contributed by atoms with Crippen molar-refractivity contribution in [2.24, 2.45) is 0 Å². The first-order valence-corrected chi connectivity index (χ1v) is 6.10. The lowest BCUT2D eigenvalue weighted by atomic mass is 10.3. The smallest absolute Gasteiger partial charge is 0.253 e. The number of thiol groups is 1. The van der Waals surface area contributed by atoms with E-state index in [9.17, 15) is 16.8 Å². The summed E-state index contributed by atoms with van der Waals surface area (Å²) in [5.74, 6) is 0. The van der Waals surface area contributed by atoms with Gasteiger partial charge in [0.2, 0.25) is 10.9 Å². The molecule has 0 atom stereocenters. The second-order valence-electron chi connectivity index (χ2n) is 2.42. The summed E-state index contributed by atoms with van der Waals surface area (Å²) in [5.41, 5.74) is 5.74. The summed E-state index contributed by atoms with van der Waals surface area (Å²) >= 11 is 0. The molecule has 0 bridgehead atoms. The largest absolute Gasteiger partial charge is 0.399 e. The van der Waals surface area contributed by atoms with Crippen LogP contribution in [0.1, 0.15) is 0 Å². The highest BCUT2D eigenvalue weighted by atomic mass is 32.3. The van der Waals surface area contributed by atoms with E-state index in [4.69, 9.17) is 5.73 Å². The molecule has 0 aliphatic heterocycles. The maximum Gasteiger partial charge on any atom is 0.253 e. The minimum atomic E-state index is -3.98. The fraction of sp³-hybridized carbons (Fsp3) is 0. The Balaban J connectivity index is 3.11. The topological polar surface area (TPSA) is 106 Å². The average molecular weight is 236 g/mol. The molecule has 1 aromatic carbocycles. The average Bonchev–Trinajstić information content (AvgIpc) is 2.02. The fourth-order valence-corrected chi connectivity index (χ4v) is 2.50. The normalized spacial score (nSPS) is 11.8. The highest BCUT2D eigenvalue weighted by molar-refractivity contribution is 7.98. The number of nitrogens with one attached hydrogen (secondary N) is 1. The first-order valence-electron chi connectivity index (χ1n) is 3.44. The van der Waals surface area contributed by atoms with E-state index in [1.807, 2.05) is 0 Å². The molecule has 0 aliphatic carbocycles. The molecule has 0 saturated heterocycles. The number of nitrogen functional groups attached to an aromatic ring is 1. The van der Waals surface area contributed by atoms with Crippen molar-refractivity contribution >= 4 is 26.6 Å². The van der Waals surface area contributed by atoms with Gasteiger partial charge in [0, 0.05) is 5.69 Å². The molecule has 1 rings (SSSR count). The van der Waals surface area contributed by atoms with Gasteiger partial charge in [-0.2, -0.15) is 0 Å². The molecule has 0 amide bonds. The molecule has 0 saturated carbocycles. The van der Waals surface area contributed by atoms with Crippen LogP contribution in [0, 0.1) is 0 Å². The van der Waals surface area contributed by atoms with Crippen molar-refractivity contribution in [2.75, 3.05) is 5.73 Å². The number of rotatable bonds is 3. The first kappa shape index (κ1) is 11.0. The molecule has 14 heavy (non-hydrogen) atoms. The van der Waals surface area contributed by atoms with Crippen LogP contribution in [0.2, 0.25) is 0 Å². The fourth-order valence-electron chi connectivity index (χ4n) is 0.798. The van der Waals surface area contributed by atoms with Crippen LogP contribution in [0.25, 0.3) is 0 Å². The highest BCUT2D eigenvalue weighted by Crippen LogP contribution is 2.10. The Bertz CT molecular complexity index is 481. The van der Waals surface area contributed by atoms with Crippen molar-refractivity contribution in [3.63, 3.8) is 0 Å². The van der Waals surface area contributed by atoms with Gasteiger partial charge in [0.25, 0.3) is 10.0 Å². The molecule has 6 nitrogen and oxygen atoms in total. The van der Waals surface area contributed by atoms with Crippen molar-refractivity contribution in [2.45, 2.75) is 4.90 Å². The van der Waals surface area contributed by atoms with E-state index >= 15 is 0 Å². The standard InChI is InChI=1S/C6H8N2O4S2/c7-5-1-3-6(4-2-5)14(11,12)8-13(9)10/h1-4,13H,7H2,(H,8,9,10). The van der Waals surface area contributed by atoms with E-state index in [-0.39, 0.29) is 4.90 Å². The van der Waals surface area contributed by atoms with Gasteiger partial charge in [-0.05, 0) is 24.3 Å². The van der Waals surface area contributed by atoms with Crippen LogP contribution in [0.3, 0.4) is 0 Å². The van der Waals surface area contributed by atoms with E-state index in [2.05, 4.69) is 0 Å². The van der Waals surface area contributed by atoms with Gasteiger partial charge in [0.15, 0.2) is 0 Å². The molecular weight excluding hydrogens is 228 g/mol. The molecular formula is C6H8N2O4S2. The van der Waals surface area contributed by atoms with Crippen molar-refractivity contribution in [1.29, 1.82) is 0 Å². The summed E-state index contributed by atoms with van der Waals surface area (Å²) in [5, 5.41) is 0. The molecule has 8 heteroatoms. The molecule has 1 aromatic rings. The molecule has 3 N–H and O–H groups in total. The Labute approximate surface area is 82.9 Å². The van der Waals surface area contributed by atoms with E-state index in [0.29, 0.717) is 5.69 Å². The zero-order chi connectivity index (χ0) is 10.8. The number of benzene rings is 1. The summed E-state index contributed by atoms with van der Waals surface area (Å²) in [7, 11) is -7.17. The maximum absolute atomic E-state index is 11.2. The van der Waals surface area contributed by atoms with Crippen LogP contribution in [-0.2, 0) is 20.9 Å². The number of hydrogen-bond donors (Lipinski definition) is 3. The van der Waals surface area contributed by atoms with Crippen LogP contribution in [0.15, 0.2) is 29.2 Å². The zero-order valence-corrected chi connectivity index (χ0v) is 8.59. The van der Waals surface area contributed by atoms with E-state index in [1.165, 1.54) is 28.4 Å². The van der Waals surface area contributed by atoms with E-state index in [1.54, 1.807) is 0 Å². The van der Waals surface area contributed by atoms with Gasteiger partial charge in [-0.15, -0.1) is 4.13 Å². The second kappa shape index (κ2) is 3.95. The Hall–Kier alpha value is -1.12. The molecule has 0 fully saturated rings. The third kappa shape index (κ3) is 2.69. The summed E-state index contributed by atoms with van der Waals surface area (Å²) in [6.07, 6.45) is 0. The van der Waals surface area contributed by atoms with Crippen LogP contribution in [0.5, 0.6) is 0 Å². The summed E-state index contributed by atoms with van der Waals surface area (Å²) in [4.78, 5) is -0.147. The Kier molecular flexibility index (Phi) is 3.09. The van der Waals surface area contributed by atoms with Gasteiger partial charge in [0.05, 0.1) is 4.90 Å². The minimum absolute atomic E-state index is 0.147. The summed E-state index contributed by atoms with van der Waals surface area (Å²) < 4.78 is 44.2. The molecule has 0 spiro atoms. The van der Waals surface area contributed by atoms with Gasteiger partial charge in [-0.1, -0.05) is 0 Å². The Morgan fingerprint density at radius 2 is 1.64 bits per heavy atom. The molecule has 0 radical (unpaired) electrons.